The Morgan fingerprint density at radius 2 is 1.77 bits per heavy atom. The largest absolute Gasteiger partial charge is 0.493 e. The molecule has 6 rings (SSSR count). The number of pyridine rings is 1. The number of fused-ring (bicyclic) bond motifs is 1. The molecule has 246 valence electrons. The number of amides is 1. The first-order chi connectivity index (χ1) is 22.9. The summed E-state index contributed by atoms with van der Waals surface area (Å²) in [5, 5.41) is 2.52. The van der Waals surface area contributed by atoms with E-state index in [2.05, 4.69) is 25.0 Å². The highest BCUT2D eigenvalue weighted by molar-refractivity contribution is 7.99. The number of carbonyl (C=O) groups is 1. The minimum absolute atomic E-state index is 0.0121. The van der Waals surface area contributed by atoms with E-state index in [1.165, 1.54) is 31.5 Å². The number of rotatable bonds is 12. The van der Waals surface area contributed by atoms with Crippen molar-refractivity contribution in [2.24, 2.45) is 0 Å². The zero-order valence-corrected chi connectivity index (χ0v) is 26.7. The molecule has 0 radical (unpaired) electrons. The van der Waals surface area contributed by atoms with Crippen LogP contribution in [0.5, 0.6) is 34.6 Å². The van der Waals surface area contributed by atoms with Crippen LogP contribution in [-0.2, 0) is 14.8 Å². The molecule has 4 aromatic rings. The quantitative estimate of drug-likeness (QED) is 0.202. The van der Waals surface area contributed by atoms with Crippen LogP contribution in [0.15, 0.2) is 71.8 Å². The van der Waals surface area contributed by atoms with Gasteiger partial charge in [0.15, 0.2) is 28.8 Å². The number of benzene rings is 2. The van der Waals surface area contributed by atoms with Crippen LogP contribution in [0.25, 0.3) is 0 Å². The lowest BCUT2D eigenvalue weighted by Crippen LogP contribution is -2.34. The van der Waals surface area contributed by atoms with Crippen LogP contribution in [0.2, 0.25) is 0 Å². The maximum absolute atomic E-state index is 13.7. The summed E-state index contributed by atoms with van der Waals surface area (Å²) in [6.07, 6.45) is 0.804. The van der Waals surface area contributed by atoms with Gasteiger partial charge in [0.05, 0.1) is 12.0 Å². The molecule has 0 bridgehead atoms. The summed E-state index contributed by atoms with van der Waals surface area (Å²) in [6.45, 7) is 0.912. The smallest absolute Gasteiger partial charge is 0.412 e. The highest BCUT2D eigenvalue weighted by Gasteiger charge is 2.28. The molecule has 1 saturated heterocycles. The average Bonchev–Trinajstić information content (AvgIpc) is 3.57. The fourth-order valence-electron chi connectivity index (χ4n) is 4.48. The van der Waals surface area contributed by atoms with Gasteiger partial charge in [-0.25, -0.2) is 18.2 Å². The lowest BCUT2D eigenvalue weighted by molar-refractivity contribution is 0.135. The molecular formula is C30H30N6O9S2. The minimum Gasteiger partial charge on any atom is -0.493 e. The molecule has 2 aliphatic rings. The molecule has 1 amide bonds. The molecule has 0 unspecified atom stereocenters. The van der Waals surface area contributed by atoms with Gasteiger partial charge in [0.1, 0.15) is 19.0 Å². The average molecular weight is 683 g/mol. The number of sulfonamides is 1. The number of anilines is 3. The SMILES string of the molecule is COc1ccccc1Oc1c(NS(=O)(=O)c2ccc3c(c2)OCO3)nc(N2CCSCC2)nc1OCCOC(=O)Nc1ccccn1. The van der Waals surface area contributed by atoms with Gasteiger partial charge in [-0.1, -0.05) is 18.2 Å². The molecule has 2 aromatic carbocycles. The summed E-state index contributed by atoms with van der Waals surface area (Å²) in [7, 11) is -2.77. The summed E-state index contributed by atoms with van der Waals surface area (Å²) < 4.78 is 63.7. The lowest BCUT2D eigenvalue weighted by atomic mass is 10.3. The third-order valence-corrected chi connectivity index (χ3v) is 9.01. The number of nitrogens with one attached hydrogen (secondary N) is 2. The van der Waals surface area contributed by atoms with E-state index in [0.717, 1.165) is 11.5 Å². The topological polar surface area (TPSA) is 173 Å². The van der Waals surface area contributed by atoms with Crippen molar-refractivity contribution < 1.29 is 41.6 Å². The van der Waals surface area contributed by atoms with E-state index in [-0.39, 0.29) is 54.0 Å². The third-order valence-electron chi connectivity index (χ3n) is 6.73. The zero-order valence-electron chi connectivity index (χ0n) is 25.1. The second-order valence-corrected chi connectivity index (χ2v) is 12.7. The molecule has 2 N–H and O–H groups in total. The van der Waals surface area contributed by atoms with E-state index >= 15 is 0 Å². The van der Waals surface area contributed by atoms with Gasteiger partial charge in [0.2, 0.25) is 18.5 Å². The monoisotopic (exact) mass is 682 g/mol. The Labute approximate surface area is 274 Å². The van der Waals surface area contributed by atoms with Crippen LogP contribution in [-0.4, -0.2) is 81.2 Å². The number of thioether (sulfide) groups is 1. The van der Waals surface area contributed by atoms with Gasteiger partial charge in [-0.05, 0) is 36.4 Å². The van der Waals surface area contributed by atoms with Crippen LogP contribution in [0.4, 0.5) is 22.4 Å². The summed E-state index contributed by atoms with van der Waals surface area (Å²) >= 11 is 1.79. The van der Waals surface area contributed by atoms with E-state index in [0.29, 0.717) is 36.2 Å². The van der Waals surface area contributed by atoms with Crippen molar-refractivity contribution in [3.05, 3.63) is 66.9 Å². The van der Waals surface area contributed by atoms with Crippen LogP contribution in [0.3, 0.4) is 0 Å². The second kappa shape index (κ2) is 14.5. The van der Waals surface area contributed by atoms with Crippen molar-refractivity contribution in [3.8, 4) is 34.6 Å². The van der Waals surface area contributed by atoms with E-state index < -0.39 is 16.1 Å². The van der Waals surface area contributed by atoms with Gasteiger partial charge in [0, 0.05) is 36.9 Å². The summed E-state index contributed by atoms with van der Waals surface area (Å²) in [5.74, 6) is 3.16. The number of para-hydroxylation sites is 2. The molecule has 1 fully saturated rings. The lowest BCUT2D eigenvalue weighted by Gasteiger charge is -2.27. The van der Waals surface area contributed by atoms with Crippen molar-refractivity contribution >= 4 is 45.5 Å². The first-order valence-corrected chi connectivity index (χ1v) is 17.0. The van der Waals surface area contributed by atoms with E-state index in [1.807, 2.05) is 4.90 Å². The van der Waals surface area contributed by atoms with Crippen LogP contribution >= 0.6 is 11.8 Å². The number of aromatic nitrogens is 3. The minimum atomic E-state index is -4.24. The number of hydrogen-bond acceptors (Lipinski definition) is 14. The number of carbonyl (C=O) groups excluding carboxylic acids is 1. The molecule has 17 heteroatoms. The van der Waals surface area contributed by atoms with E-state index in [1.54, 1.807) is 54.2 Å². The first-order valence-electron chi connectivity index (χ1n) is 14.4. The molecule has 2 aromatic heterocycles. The maximum Gasteiger partial charge on any atom is 0.412 e. The molecule has 0 atom stereocenters. The van der Waals surface area contributed by atoms with E-state index in [9.17, 15) is 13.2 Å². The molecule has 15 nitrogen and oxygen atoms in total. The normalized spacial score (nSPS) is 13.9. The summed E-state index contributed by atoms with van der Waals surface area (Å²) in [6, 6.07) is 16.1. The van der Waals surface area contributed by atoms with Crippen molar-refractivity contribution in [2.75, 3.05) is 66.7 Å². The number of nitrogens with zero attached hydrogens (tertiary/aromatic N) is 4. The van der Waals surface area contributed by atoms with E-state index in [4.69, 9.17) is 28.4 Å². The molecule has 0 spiro atoms. The van der Waals surface area contributed by atoms with Crippen molar-refractivity contribution in [1.29, 1.82) is 0 Å². The van der Waals surface area contributed by atoms with Crippen molar-refractivity contribution in [3.63, 3.8) is 0 Å². The fraction of sp³-hybridized carbons (Fsp3) is 0.267. The molecule has 4 heterocycles. The first kappa shape index (κ1) is 31.8. The highest BCUT2D eigenvalue weighted by Crippen LogP contribution is 2.42. The van der Waals surface area contributed by atoms with Crippen LogP contribution in [0, 0.1) is 0 Å². The Morgan fingerprint density at radius 3 is 2.55 bits per heavy atom. The molecular weight excluding hydrogens is 652 g/mol. The van der Waals surface area contributed by atoms with Gasteiger partial charge in [-0.15, -0.1) is 0 Å². The van der Waals surface area contributed by atoms with Gasteiger partial charge >= 0.3 is 6.09 Å². The third kappa shape index (κ3) is 7.81. The molecule has 47 heavy (non-hydrogen) atoms. The Hall–Kier alpha value is -5.16. The Kier molecular flexibility index (Phi) is 9.82. The Bertz CT molecular complexity index is 1830. The summed E-state index contributed by atoms with van der Waals surface area (Å²) in [4.78, 5) is 27.4. The number of hydrogen-bond donors (Lipinski definition) is 2. The molecule has 2 aliphatic heterocycles. The van der Waals surface area contributed by atoms with Crippen LogP contribution < -0.4 is 38.6 Å². The van der Waals surface area contributed by atoms with Crippen molar-refractivity contribution in [2.45, 2.75) is 4.90 Å². The number of methoxy groups -OCH3 is 1. The van der Waals surface area contributed by atoms with Gasteiger partial charge < -0.3 is 33.3 Å². The zero-order chi connectivity index (χ0) is 32.6. The Morgan fingerprint density at radius 1 is 0.979 bits per heavy atom. The second-order valence-electron chi connectivity index (χ2n) is 9.80. The molecule has 0 saturated carbocycles. The fourth-order valence-corrected chi connectivity index (χ4v) is 6.40. The van der Waals surface area contributed by atoms with Gasteiger partial charge in [0.25, 0.3) is 15.9 Å². The van der Waals surface area contributed by atoms with Gasteiger partial charge in [-0.2, -0.15) is 21.7 Å². The maximum atomic E-state index is 13.7. The molecule has 0 aliphatic carbocycles. The van der Waals surface area contributed by atoms with Crippen LogP contribution in [0.1, 0.15) is 0 Å². The Balaban J connectivity index is 1.32. The number of ether oxygens (including phenoxy) is 6. The standard InChI is InChI=1S/C30H30N6O9S2/c1-40-21-6-2-3-7-23(21)45-26-27(35-47(38,39)20-9-10-22-24(18-20)44-19-43-22)33-29(36-12-16-46-17-13-36)34-28(26)41-14-15-42-30(37)32-25-8-4-5-11-31-25/h2-11,18H,12-17,19H2,1H3,(H,31,32,37)(H,33,34,35). The van der Waals surface area contributed by atoms with Gasteiger partial charge in [-0.3, -0.25) is 10.0 Å². The summed E-state index contributed by atoms with van der Waals surface area (Å²) in [5.41, 5.74) is 0. The van der Waals surface area contributed by atoms with Crippen molar-refractivity contribution in [1.82, 2.24) is 15.0 Å². The highest BCUT2D eigenvalue weighted by atomic mass is 32.2. The predicted molar refractivity (Wildman–Crippen MR) is 173 cm³/mol. The predicted octanol–water partition coefficient (Wildman–Crippen LogP) is 4.38.